The highest BCUT2D eigenvalue weighted by molar-refractivity contribution is 5.28. The molecule has 2 nitrogen and oxygen atoms in total. The van der Waals surface area contributed by atoms with E-state index in [1.807, 2.05) is 6.07 Å². The first-order chi connectivity index (χ1) is 8.72. The third kappa shape index (κ3) is 3.26. The van der Waals surface area contributed by atoms with E-state index in [9.17, 15) is 0 Å². The Hall–Kier alpha value is -1.02. The van der Waals surface area contributed by atoms with Gasteiger partial charge in [0, 0.05) is 6.04 Å². The van der Waals surface area contributed by atoms with E-state index in [4.69, 9.17) is 10.5 Å². The van der Waals surface area contributed by atoms with Crippen LogP contribution >= 0.6 is 0 Å². The second kappa shape index (κ2) is 6.24. The summed E-state index contributed by atoms with van der Waals surface area (Å²) in [4.78, 5) is 0. The molecule has 3 atom stereocenters. The van der Waals surface area contributed by atoms with Crippen molar-refractivity contribution >= 4 is 0 Å². The lowest BCUT2D eigenvalue weighted by Crippen LogP contribution is -2.37. The second-order valence-corrected chi connectivity index (χ2v) is 5.57. The van der Waals surface area contributed by atoms with Gasteiger partial charge in [0.2, 0.25) is 0 Å². The molecule has 1 aromatic rings. The van der Waals surface area contributed by atoms with Gasteiger partial charge >= 0.3 is 0 Å². The van der Waals surface area contributed by atoms with Crippen molar-refractivity contribution in [3.05, 3.63) is 29.8 Å². The highest BCUT2D eigenvalue weighted by Crippen LogP contribution is 2.32. The summed E-state index contributed by atoms with van der Waals surface area (Å²) in [7, 11) is 1.72. The normalized spacial score (nSPS) is 28.1. The largest absolute Gasteiger partial charge is 0.497 e. The molecule has 0 heterocycles. The Balaban J connectivity index is 2.02. The maximum Gasteiger partial charge on any atom is 0.119 e. The number of hydrogen-bond acceptors (Lipinski definition) is 2. The Morgan fingerprint density at radius 1 is 1.33 bits per heavy atom. The van der Waals surface area contributed by atoms with E-state index in [-0.39, 0.29) is 0 Å². The van der Waals surface area contributed by atoms with Gasteiger partial charge in [-0.1, -0.05) is 25.5 Å². The first kappa shape index (κ1) is 13.4. The van der Waals surface area contributed by atoms with E-state index in [0.29, 0.717) is 12.0 Å². The van der Waals surface area contributed by atoms with Gasteiger partial charge in [0.1, 0.15) is 5.75 Å². The van der Waals surface area contributed by atoms with Gasteiger partial charge in [-0.05, 0) is 55.2 Å². The standard InChI is InChI=1S/C16H25NO/c1-3-12-7-8-16(17)14(9-12)10-13-5-4-6-15(11-13)18-2/h4-6,11-12,14,16H,3,7-10,17H2,1-2H3. The second-order valence-electron chi connectivity index (χ2n) is 5.57. The average Bonchev–Trinajstić information content (AvgIpc) is 2.41. The topological polar surface area (TPSA) is 35.2 Å². The molecule has 1 aliphatic carbocycles. The Bertz CT molecular complexity index is 377. The monoisotopic (exact) mass is 247 g/mol. The van der Waals surface area contributed by atoms with E-state index < -0.39 is 0 Å². The average molecular weight is 247 g/mol. The Morgan fingerprint density at radius 3 is 2.89 bits per heavy atom. The maximum absolute atomic E-state index is 6.28. The van der Waals surface area contributed by atoms with Crippen molar-refractivity contribution in [2.45, 2.75) is 45.1 Å². The van der Waals surface area contributed by atoms with Gasteiger partial charge in [0.15, 0.2) is 0 Å². The first-order valence-corrected chi connectivity index (χ1v) is 7.11. The third-order valence-corrected chi connectivity index (χ3v) is 4.36. The highest BCUT2D eigenvalue weighted by atomic mass is 16.5. The molecule has 0 radical (unpaired) electrons. The van der Waals surface area contributed by atoms with Gasteiger partial charge in [-0.25, -0.2) is 0 Å². The van der Waals surface area contributed by atoms with Gasteiger partial charge in [-0.2, -0.15) is 0 Å². The van der Waals surface area contributed by atoms with Crippen LogP contribution in [-0.2, 0) is 6.42 Å². The van der Waals surface area contributed by atoms with Crippen molar-refractivity contribution in [1.29, 1.82) is 0 Å². The minimum Gasteiger partial charge on any atom is -0.497 e. The summed E-state index contributed by atoms with van der Waals surface area (Å²) in [6.07, 6.45) is 6.17. The highest BCUT2D eigenvalue weighted by Gasteiger charge is 2.27. The molecule has 18 heavy (non-hydrogen) atoms. The molecule has 3 unspecified atom stereocenters. The van der Waals surface area contributed by atoms with Crippen molar-refractivity contribution in [2.75, 3.05) is 7.11 Å². The predicted molar refractivity (Wildman–Crippen MR) is 75.8 cm³/mol. The van der Waals surface area contributed by atoms with Crippen molar-refractivity contribution < 1.29 is 4.74 Å². The van der Waals surface area contributed by atoms with Gasteiger partial charge < -0.3 is 10.5 Å². The molecule has 0 amide bonds. The number of benzene rings is 1. The van der Waals surface area contributed by atoms with Crippen LogP contribution in [0.3, 0.4) is 0 Å². The van der Waals surface area contributed by atoms with Crippen LogP contribution in [0, 0.1) is 11.8 Å². The summed E-state index contributed by atoms with van der Waals surface area (Å²) in [5, 5.41) is 0. The minimum absolute atomic E-state index is 0.374. The Morgan fingerprint density at radius 2 is 2.17 bits per heavy atom. The van der Waals surface area contributed by atoms with Crippen LogP contribution in [-0.4, -0.2) is 13.2 Å². The van der Waals surface area contributed by atoms with E-state index in [2.05, 4.69) is 25.1 Å². The minimum atomic E-state index is 0.374. The molecule has 1 aliphatic rings. The molecule has 2 heteroatoms. The first-order valence-electron chi connectivity index (χ1n) is 7.11. The molecule has 0 aliphatic heterocycles. The number of hydrogen-bond donors (Lipinski definition) is 1. The fraction of sp³-hybridized carbons (Fsp3) is 0.625. The van der Waals surface area contributed by atoms with Gasteiger partial charge in [0.05, 0.1) is 7.11 Å². The van der Waals surface area contributed by atoms with E-state index in [1.165, 1.54) is 31.2 Å². The quantitative estimate of drug-likeness (QED) is 0.885. The molecule has 1 saturated carbocycles. The zero-order chi connectivity index (χ0) is 13.0. The number of methoxy groups -OCH3 is 1. The van der Waals surface area contributed by atoms with Crippen LogP contribution in [0.5, 0.6) is 5.75 Å². The molecule has 1 fully saturated rings. The molecular weight excluding hydrogens is 222 g/mol. The molecule has 100 valence electrons. The van der Waals surface area contributed by atoms with Crippen molar-refractivity contribution in [3.63, 3.8) is 0 Å². The summed E-state index contributed by atoms with van der Waals surface area (Å²) >= 11 is 0. The van der Waals surface area contributed by atoms with Gasteiger partial charge in [-0.3, -0.25) is 0 Å². The summed E-state index contributed by atoms with van der Waals surface area (Å²) in [5.41, 5.74) is 7.64. The lowest BCUT2D eigenvalue weighted by Gasteiger charge is -2.34. The fourth-order valence-corrected chi connectivity index (χ4v) is 3.09. The summed E-state index contributed by atoms with van der Waals surface area (Å²) < 4.78 is 5.28. The fourth-order valence-electron chi connectivity index (χ4n) is 3.09. The lowest BCUT2D eigenvalue weighted by molar-refractivity contribution is 0.227. The predicted octanol–water partition coefficient (Wildman–Crippen LogP) is 3.39. The van der Waals surface area contributed by atoms with E-state index >= 15 is 0 Å². The molecule has 2 N–H and O–H groups in total. The number of nitrogens with two attached hydrogens (primary N) is 1. The zero-order valence-electron chi connectivity index (χ0n) is 11.6. The number of rotatable bonds is 4. The lowest BCUT2D eigenvalue weighted by atomic mass is 9.75. The zero-order valence-corrected chi connectivity index (χ0v) is 11.6. The van der Waals surface area contributed by atoms with E-state index in [1.54, 1.807) is 7.11 Å². The third-order valence-electron chi connectivity index (χ3n) is 4.36. The SMILES string of the molecule is CCC1CCC(N)C(Cc2cccc(OC)c2)C1. The smallest absolute Gasteiger partial charge is 0.119 e. The number of ether oxygens (including phenoxy) is 1. The Labute approximate surface area is 111 Å². The molecule has 2 rings (SSSR count). The maximum atomic E-state index is 6.28. The van der Waals surface area contributed by atoms with Crippen molar-refractivity contribution in [1.82, 2.24) is 0 Å². The summed E-state index contributed by atoms with van der Waals surface area (Å²) in [5.74, 6) is 2.46. The molecular formula is C16H25NO. The van der Waals surface area contributed by atoms with E-state index in [0.717, 1.165) is 18.1 Å². The van der Waals surface area contributed by atoms with Crippen molar-refractivity contribution in [3.8, 4) is 5.75 Å². The van der Waals surface area contributed by atoms with Crippen LogP contribution in [0.2, 0.25) is 0 Å². The van der Waals surface area contributed by atoms with Crippen molar-refractivity contribution in [2.24, 2.45) is 17.6 Å². The molecule has 0 spiro atoms. The molecule has 0 aromatic heterocycles. The van der Waals surface area contributed by atoms with Crippen LogP contribution in [0.25, 0.3) is 0 Å². The molecule has 0 saturated heterocycles. The Kier molecular flexibility index (Phi) is 4.65. The molecule has 1 aromatic carbocycles. The van der Waals surface area contributed by atoms with Crippen LogP contribution in [0.4, 0.5) is 0 Å². The molecule has 0 bridgehead atoms. The van der Waals surface area contributed by atoms with Crippen LogP contribution < -0.4 is 10.5 Å². The summed E-state index contributed by atoms with van der Waals surface area (Å²) in [6.45, 7) is 2.30. The van der Waals surface area contributed by atoms with Gasteiger partial charge in [-0.15, -0.1) is 0 Å². The van der Waals surface area contributed by atoms with Crippen LogP contribution in [0.1, 0.15) is 38.2 Å². The van der Waals surface area contributed by atoms with Gasteiger partial charge in [0.25, 0.3) is 0 Å². The van der Waals surface area contributed by atoms with Crippen LogP contribution in [0.15, 0.2) is 24.3 Å². The summed E-state index contributed by atoms with van der Waals surface area (Å²) in [6, 6.07) is 8.77.